The van der Waals surface area contributed by atoms with Crippen LogP contribution in [0.4, 0.5) is 0 Å². The SMILES string of the molecule is COc1ccc(/C=C/C(=O)NC(C)COc2ccc(C)cc2)cc1. The number of benzene rings is 2. The third-order valence-corrected chi connectivity index (χ3v) is 3.45. The fraction of sp³-hybridized carbons (Fsp3) is 0.250. The molecule has 0 fully saturated rings. The molecule has 0 aliphatic rings. The summed E-state index contributed by atoms with van der Waals surface area (Å²) in [6, 6.07) is 15.3. The first kappa shape index (κ1) is 17.6. The second kappa shape index (κ2) is 8.77. The van der Waals surface area contributed by atoms with Gasteiger partial charge in [0.25, 0.3) is 0 Å². The highest BCUT2D eigenvalue weighted by Crippen LogP contribution is 2.13. The van der Waals surface area contributed by atoms with Crippen LogP contribution >= 0.6 is 0 Å². The normalized spacial score (nSPS) is 12.0. The topological polar surface area (TPSA) is 47.6 Å². The monoisotopic (exact) mass is 325 g/mol. The van der Waals surface area contributed by atoms with Gasteiger partial charge in [-0.1, -0.05) is 29.8 Å². The fourth-order valence-corrected chi connectivity index (χ4v) is 2.08. The van der Waals surface area contributed by atoms with Gasteiger partial charge in [-0.05, 0) is 49.8 Å². The Morgan fingerprint density at radius 3 is 2.33 bits per heavy atom. The van der Waals surface area contributed by atoms with E-state index in [-0.39, 0.29) is 11.9 Å². The van der Waals surface area contributed by atoms with Gasteiger partial charge in [0.05, 0.1) is 13.2 Å². The molecule has 0 aromatic heterocycles. The van der Waals surface area contributed by atoms with Crippen LogP contribution in [0.2, 0.25) is 0 Å². The van der Waals surface area contributed by atoms with Crippen LogP contribution in [0.1, 0.15) is 18.1 Å². The van der Waals surface area contributed by atoms with E-state index in [4.69, 9.17) is 9.47 Å². The number of amides is 1. The van der Waals surface area contributed by atoms with Gasteiger partial charge in [-0.2, -0.15) is 0 Å². The zero-order chi connectivity index (χ0) is 17.4. The number of ether oxygens (including phenoxy) is 2. The Morgan fingerprint density at radius 1 is 1.08 bits per heavy atom. The number of carbonyl (C=O) groups is 1. The molecule has 2 aromatic rings. The number of nitrogens with one attached hydrogen (secondary N) is 1. The average molecular weight is 325 g/mol. The molecule has 1 atom stereocenters. The van der Waals surface area contributed by atoms with Crippen molar-refractivity contribution in [1.29, 1.82) is 0 Å². The van der Waals surface area contributed by atoms with Crippen LogP contribution in [-0.2, 0) is 4.79 Å². The van der Waals surface area contributed by atoms with E-state index >= 15 is 0 Å². The molecular weight excluding hydrogens is 302 g/mol. The molecule has 0 heterocycles. The average Bonchev–Trinajstić information content (AvgIpc) is 2.60. The van der Waals surface area contributed by atoms with Crippen LogP contribution in [0, 0.1) is 6.92 Å². The maximum atomic E-state index is 11.9. The van der Waals surface area contributed by atoms with Crippen LogP contribution < -0.4 is 14.8 Å². The molecule has 0 aliphatic carbocycles. The van der Waals surface area contributed by atoms with Crippen molar-refractivity contribution in [2.45, 2.75) is 19.9 Å². The van der Waals surface area contributed by atoms with Crippen LogP contribution in [0.25, 0.3) is 6.08 Å². The van der Waals surface area contributed by atoms with E-state index in [0.717, 1.165) is 17.1 Å². The van der Waals surface area contributed by atoms with Gasteiger partial charge in [0.1, 0.15) is 18.1 Å². The van der Waals surface area contributed by atoms with E-state index in [0.29, 0.717) is 6.61 Å². The minimum Gasteiger partial charge on any atom is -0.497 e. The molecule has 126 valence electrons. The van der Waals surface area contributed by atoms with Crippen molar-refractivity contribution in [1.82, 2.24) is 5.32 Å². The zero-order valence-corrected chi connectivity index (χ0v) is 14.3. The first-order valence-corrected chi connectivity index (χ1v) is 7.89. The largest absolute Gasteiger partial charge is 0.497 e. The van der Waals surface area contributed by atoms with Gasteiger partial charge >= 0.3 is 0 Å². The molecule has 0 saturated carbocycles. The molecular formula is C20H23NO3. The van der Waals surface area contributed by atoms with Crippen molar-refractivity contribution in [2.24, 2.45) is 0 Å². The molecule has 1 unspecified atom stereocenters. The highest BCUT2D eigenvalue weighted by molar-refractivity contribution is 5.91. The third kappa shape index (κ3) is 5.80. The Labute approximate surface area is 143 Å². The van der Waals surface area contributed by atoms with Crippen molar-refractivity contribution in [3.05, 3.63) is 65.7 Å². The maximum absolute atomic E-state index is 11.9. The Bertz CT molecular complexity index is 675. The van der Waals surface area contributed by atoms with Crippen molar-refractivity contribution in [2.75, 3.05) is 13.7 Å². The van der Waals surface area contributed by atoms with E-state index in [1.165, 1.54) is 11.6 Å². The molecule has 2 rings (SSSR count). The molecule has 1 N–H and O–H groups in total. The predicted octanol–water partition coefficient (Wildman–Crippen LogP) is 3.60. The fourth-order valence-electron chi connectivity index (χ4n) is 2.08. The summed E-state index contributed by atoms with van der Waals surface area (Å²) in [5.74, 6) is 1.44. The van der Waals surface area contributed by atoms with Crippen molar-refractivity contribution >= 4 is 12.0 Å². The molecule has 0 radical (unpaired) electrons. The summed E-state index contributed by atoms with van der Waals surface area (Å²) in [6.45, 7) is 4.36. The van der Waals surface area contributed by atoms with Crippen LogP contribution in [0.5, 0.6) is 11.5 Å². The van der Waals surface area contributed by atoms with E-state index in [1.54, 1.807) is 13.2 Å². The lowest BCUT2D eigenvalue weighted by atomic mass is 10.2. The van der Waals surface area contributed by atoms with E-state index in [2.05, 4.69) is 5.32 Å². The van der Waals surface area contributed by atoms with Crippen LogP contribution in [-0.4, -0.2) is 25.7 Å². The van der Waals surface area contributed by atoms with Gasteiger partial charge in [-0.15, -0.1) is 0 Å². The van der Waals surface area contributed by atoms with Gasteiger partial charge < -0.3 is 14.8 Å². The van der Waals surface area contributed by atoms with Gasteiger partial charge in [-0.25, -0.2) is 0 Å². The molecule has 4 nitrogen and oxygen atoms in total. The number of hydrogen-bond acceptors (Lipinski definition) is 3. The summed E-state index contributed by atoms with van der Waals surface area (Å²) in [5.41, 5.74) is 2.13. The van der Waals surface area contributed by atoms with Crippen molar-refractivity contribution in [3.8, 4) is 11.5 Å². The van der Waals surface area contributed by atoms with Gasteiger partial charge in [-0.3, -0.25) is 4.79 Å². The Morgan fingerprint density at radius 2 is 1.71 bits per heavy atom. The first-order chi connectivity index (χ1) is 11.6. The van der Waals surface area contributed by atoms with Crippen molar-refractivity contribution in [3.63, 3.8) is 0 Å². The number of rotatable bonds is 7. The van der Waals surface area contributed by atoms with Gasteiger partial charge in [0.15, 0.2) is 0 Å². The predicted molar refractivity (Wildman–Crippen MR) is 96.3 cm³/mol. The summed E-state index contributed by atoms with van der Waals surface area (Å²) >= 11 is 0. The highest BCUT2D eigenvalue weighted by atomic mass is 16.5. The second-order valence-corrected chi connectivity index (χ2v) is 5.64. The maximum Gasteiger partial charge on any atom is 0.244 e. The number of hydrogen-bond donors (Lipinski definition) is 1. The first-order valence-electron chi connectivity index (χ1n) is 7.89. The van der Waals surface area contributed by atoms with E-state index in [1.807, 2.05) is 62.4 Å². The third-order valence-electron chi connectivity index (χ3n) is 3.45. The Hall–Kier alpha value is -2.75. The number of carbonyl (C=O) groups excluding carboxylic acids is 1. The molecule has 0 aliphatic heterocycles. The lowest BCUT2D eigenvalue weighted by Crippen LogP contribution is -2.35. The summed E-state index contributed by atoms with van der Waals surface area (Å²) in [6.07, 6.45) is 3.28. The standard InChI is InChI=1S/C20H23NO3/c1-15-4-9-19(10-5-15)24-14-16(2)21-20(22)13-8-17-6-11-18(23-3)12-7-17/h4-13,16H,14H2,1-3H3,(H,21,22)/b13-8+. The Balaban J connectivity index is 1.77. The molecule has 0 bridgehead atoms. The summed E-state index contributed by atoms with van der Waals surface area (Å²) in [7, 11) is 1.62. The van der Waals surface area contributed by atoms with Crippen molar-refractivity contribution < 1.29 is 14.3 Å². The van der Waals surface area contributed by atoms with E-state index in [9.17, 15) is 4.79 Å². The lowest BCUT2D eigenvalue weighted by molar-refractivity contribution is -0.117. The minimum absolute atomic E-state index is 0.0840. The number of methoxy groups -OCH3 is 1. The summed E-state index contributed by atoms with van der Waals surface area (Å²) in [4.78, 5) is 11.9. The van der Waals surface area contributed by atoms with Crippen LogP contribution in [0.15, 0.2) is 54.6 Å². The van der Waals surface area contributed by atoms with Gasteiger partial charge in [0.2, 0.25) is 5.91 Å². The second-order valence-electron chi connectivity index (χ2n) is 5.64. The smallest absolute Gasteiger partial charge is 0.244 e. The quantitative estimate of drug-likeness (QED) is 0.791. The minimum atomic E-state index is -0.147. The lowest BCUT2D eigenvalue weighted by Gasteiger charge is -2.14. The molecule has 4 heteroatoms. The summed E-state index contributed by atoms with van der Waals surface area (Å²) in [5, 5.41) is 2.88. The summed E-state index contributed by atoms with van der Waals surface area (Å²) < 4.78 is 10.8. The highest BCUT2D eigenvalue weighted by Gasteiger charge is 2.05. The Kier molecular flexibility index (Phi) is 6.43. The molecule has 0 spiro atoms. The van der Waals surface area contributed by atoms with Crippen LogP contribution in [0.3, 0.4) is 0 Å². The molecule has 0 saturated heterocycles. The van der Waals surface area contributed by atoms with E-state index < -0.39 is 0 Å². The zero-order valence-electron chi connectivity index (χ0n) is 14.3. The molecule has 1 amide bonds. The van der Waals surface area contributed by atoms with Gasteiger partial charge in [0, 0.05) is 6.08 Å². The molecule has 2 aromatic carbocycles. The molecule has 24 heavy (non-hydrogen) atoms. The number of aryl methyl sites for hydroxylation is 1.